The van der Waals surface area contributed by atoms with Crippen molar-refractivity contribution < 1.29 is 23.8 Å². The van der Waals surface area contributed by atoms with Crippen LogP contribution < -0.4 is 4.74 Å². The van der Waals surface area contributed by atoms with Gasteiger partial charge in [0, 0.05) is 56.5 Å². The first kappa shape index (κ1) is 27.9. The maximum atomic E-state index is 12.7. The van der Waals surface area contributed by atoms with Crippen LogP contribution in [0.2, 0.25) is 0 Å². The molecule has 0 N–H and O–H groups in total. The van der Waals surface area contributed by atoms with Gasteiger partial charge in [-0.15, -0.1) is 0 Å². The molecule has 1 saturated heterocycles. The van der Waals surface area contributed by atoms with E-state index in [9.17, 15) is 9.59 Å². The number of carbonyl (C=O) groups is 2. The molecule has 2 aromatic rings. The smallest absolute Gasteiger partial charge is 0.410 e. The van der Waals surface area contributed by atoms with Crippen LogP contribution in [0.3, 0.4) is 0 Å². The van der Waals surface area contributed by atoms with Gasteiger partial charge in [-0.1, -0.05) is 12.1 Å². The van der Waals surface area contributed by atoms with Gasteiger partial charge in [0.15, 0.2) is 0 Å². The topological polar surface area (TPSA) is 84.4 Å². The van der Waals surface area contributed by atoms with Crippen LogP contribution in [-0.4, -0.2) is 90.9 Å². The Kier molecular flexibility index (Phi) is 8.57. The lowest BCUT2D eigenvalue weighted by atomic mass is 9.95. The van der Waals surface area contributed by atoms with Gasteiger partial charge in [0.1, 0.15) is 17.0 Å². The minimum Gasteiger partial charge on any atom is -0.464 e. The molecular formula is C29H40N4O5. The highest BCUT2D eigenvalue weighted by atomic mass is 16.7. The Labute approximate surface area is 225 Å². The van der Waals surface area contributed by atoms with Gasteiger partial charge in [-0.05, 0) is 71.5 Å². The number of pyridine rings is 1. The third-order valence-corrected chi connectivity index (χ3v) is 6.83. The summed E-state index contributed by atoms with van der Waals surface area (Å²) in [6, 6.07) is 9.74. The van der Waals surface area contributed by atoms with Crippen molar-refractivity contribution in [1.82, 2.24) is 19.7 Å². The van der Waals surface area contributed by atoms with Crippen molar-refractivity contribution in [3.63, 3.8) is 0 Å². The Bertz CT molecular complexity index is 1120. The van der Waals surface area contributed by atoms with Crippen LogP contribution in [0.1, 0.15) is 49.7 Å². The van der Waals surface area contributed by atoms with Gasteiger partial charge < -0.3 is 28.9 Å². The molecule has 1 fully saturated rings. The zero-order valence-corrected chi connectivity index (χ0v) is 23.4. The van der Waals surface area contributed by atoms with Crippen LogP contribution in [0.5, 0.6) is 5.75 Å². The van der Waals surface area contributed by atoms with E-state index in [2.05, 4.69) is 11.1 Å². The Morgan fingerprint density at radius 2 is 1.76 bits per heavy atom. The fourth-order valence-corrected chi connectivity index (χ4v) is 4.57. The Morgan fingerprint density at radius 3 is 2.39 bits per heavy atom. The molecule has 0 radical (unpaired) electrons. The summed E-state index contributed by atoms with van der Waals surface area (Å²) >= 11 is 0. The molecule has 2 amide bonds. The molecule has 2 aliphatic rings. The first-order valence-electron chi connectivity index (χ1n) is 13.3. The average molecular weight is 525 g/mol. The number of likely N-dealkylation sites (tertiary alicyclic amines) is 1. The summed E-state index contributed by atoms with van der Waals surface area (Å²) in [6.07, 6.45) is 2.75. The number of carbonyl (C=O) groups excluding carboxylic acids is 2. The Hall–Kier alpha value is -3.17. The second-order valence-electron chi connectivity index (χ2n) is 11.4. The van der Waals surface area contributed by atoms with Gasteiger partial charge in [0.2, 0.25) is 6.29 Å². The molecule has 0 spiro atoms. The molecule has 2 aliphatic heterocycles. The van der Waals surface area contributed by atoms with Crippen LogP contribution in [0.15, 0.2) is 36.5 Å². The highest BCUT2D eigenvalue weighted by molar-refractivity contribution is 5.92. The number of nitrogens with zero attached hydrogens (tertiary/aromatic N) is 4. The normalized spacial score (nSPS) is 18.1. The maximum absolute atomic E-state index is 12.7. The fourth-order valence-electron chi connectivity index (χ4n) is 4.57. The van der Waals surface area contributed by atoms with E-state index in [1.165, 1.54) is 0 Å². The Morgan fingerprint density at radius 1 is 1.05 bits per heavy atom. The molecular weight excluding hydrogens is 484 g/mol. The molecule has 9 heteroatoms. The number of ether oxygens (including phenoxy) is 3. The van der Waals surface area contributed by atoms with Gasteiger partial charge in [-0.3, -0.25) is 9.78 Å². The second kappa shape index (κ2) is 11.7. The minimum atomic E-state index is -0.496. The van der Waals surface area contributed by atoms with E-state index >= 15 is 0 Å². The summed E-state index contributed by atoms with van der Waals surface area (Å²) in [6.45, 7) is 8.80. The number of benzene rings is 1. The summed E-state index contributed by atoms with van der Waals surface area (Å²) in [5.41, 5.74) is 2.84. The summed E-state index contributed by atoms with van der Waals surface area (Å²) in [4.78, 5) is 34.9. The molecule has 9 nitrogen and oxygen atoms in total. The van der Waals surface area contributed by atoms with E-state index in [0.29, 0.717) is 31.9 Å². The molecule has 4 rings (SSSR count). The van der Waals surface area contributed by atoms with Gasteiger partial charge >= 0.3 is 6.09 Å². The van der Waals surface area contributed by atoms with Crippen LogP contribution in [-0.2, 0) is 16.1 Å². The van der Waals surface area contributed by atoms with Crippen molar-refractivity contribution in [1.29, 1.82) is 0 Å². The van der Waals surface area contributed by atoms with E-state index in [-0.39, 0.29) is 24.2 Å². The highest BCUT2D eigenvalue weighted by Gasteiger charge is 2.34. The van der Waals surface area contributed by atoms with Crippen LogP contribution in [0.4, 0.5) is 4.79 Å². The largest absolute Gasteiger partial charge is 0.464 e. The first-order chi connectivity index (χ1) is 18.0. The highest BCUT2D eigenvalue weighted by Crippen LogP contribution is 2.35. The number of rotatable bonds is 6. The van der Waals surface area contributed by atoms with Crippen molar-refractivity contribution in [3.05, 3.63) is 47.8 Å². The number of likely N-dealkylation sites (N-methyl/N-ethyl adjacent to an activating group) is 2. The second-order valence-corrected chi connectivity index (χ2v) is 11.4. The minimum absolute atomic E-state index is 0.0892. The monoisotopic (exact) mass is 524 g/mol. The number of hydrogen-bond acceptors (Lipinski definition) is 7. The molecule has 38 heavy (non-hydrogen) atoms. The predicted octanol–water partition coefficient (Wildman–Crippen LogP) is 4.26. The number of fused-ring (bicyclic) bond motifs is 1. The van der Waals surface area contributed by atoms with E-state index < -0.39 is 5.60 Å². The molecule has 206 valence electrons. The number of amides is 2. The number of hydrogen-bond donors (Lipinski definition) is 0. The van der Waals surface area contributed by atoms with Gasteiger partial charge in [-0.2, -0.15) is 0 Å². The van der Waals surface area contributed by atoms with Crippen molar-refractivity contribution >= 4 is 12.0 Å². The number of aromatic nitrogens is 1. The van der Waals surface area contributed by atoms with Crippen molar-refractivity contribution in [3.8, 4) is 16.9 Å². The number of piperidine rings is 1. The standard InChI is InChI=1S/C29H40N4O5/c1-29(2,3)38-28(35)33-13-11-20(12-14-33)27-36-19-23-17-21(8-10-25(23)37-27)22-7-9-24(30-18-22)26(34)32(6)16-15-31(4)5/h7-10,17-18,20,27H,11-16,19H2,1-6H3. The maximum Gasteiger partial charge on any atom is 0.410 e. The van der Waals surface area contributed by atoms with Crippen molar-refractivity contribution in [2.24, 2.45) is 5.92 Å². The first-order valence-corrected chi connectivity index (χ1v) is 13.3. The third kappa shape index (κ3) is 7.02. The van der Waals surface area contributed by atoms with Crippen LogP contribution >= 0.6 is 0 Å². The van der Waals surface area contributed by atoms with Crippen molar-refractivity contribution in [2.45, 2.75) is 52.1 Å². The van der Waals surface area contributed by atoms with E-state index in [0.717, 1.165) is 41.8 Å². The Balaban J connectivity index is 1.33. The molecule has 0 aliphatic carbocycles. The van der Waals surface area contributed by atoms with E-state index in [4.69, 9.17) is 14.2 Å². The molecule has 0 saturated carbocycles. The summed E-state index contributed by atoms with van der Waals surface area (Å²) in [5, 5.41) is 0. The van der Waals surface area contributed by atoms with Gasteiger partial charge in [0.25, 0.3) is 5.91 Å². The van der Waals surface area contributed by atoms with Crippen LogP contribution in [0, 0.1) is 5.92 Å². The van der Waals surface area contributed by atoms with Gasteiger partial charge in [-0.25, -0.2) is 4.79 Å². The van der Waals surface area contributed by atoms with Crippen molar-refractivity contribution in [2.75, 3.05) is 47.3 Å². The summed E-state index contributed by atoms with van der Waals surface area (Å²) in [5.74, 6) is 0.946. The summed E-state index contributed by atoms with van der Waals surface area (Å²) in [7, 11) is 5.76. The predicted molar refractivity (Wildman–Crippen MR) is 145 cm³/mol. The van der Waals surface area contributed by atoms with E-state index in [1.54, 1.807) is 29.1 Å². The lowest BCUT2D eigenvalue weighted by Gasteiger charge is -2.38. The SMILES string of the molecule is CN(C)CCN(C)C(=O)c1ccc(-c2ccc3c(c2)COC(C2CCN(C(=O)OC(C)(C)C)CC2)O3)cn1. The molecule has 1 unspecified atom stereocenters. The quantitative estimate of drug-likeness (QED) is 0.558. The lowest BCUT2D eigenvalue weighted by molar-refractivity contribution is -0.149. The average Bonchev–Trinajstić information content (AvgIpc) is 2.90. The van der Waals surface area contributed by atoms with Gasteiger partial charge in [0.05, 0.1) is 6.61 Å². The zero-order chi connectivity index (χ0) is 27.4. The molecule has 1 aromatic carbocycles. The third-order valence-electron chi connectivity index (χ3n) is 6.83. The fraction of sp³-hybridized carbons (Fsp3) is 0.552. The molecule has 1 atom stereocenters. The van der Waals surface area contributed by atoms with E-state index in [1.807, 2.05) is 58.0 Å². The zero-order valence-electron chi connectivity index (χ0n) is 23.4. The van der Waals surface area contributed by atoms with Crippen LogP contribution in [0.25, 0.3) is 11.1 Å². The molecule has 0 bridgehead atoms. The molecule has 3 heterocycles. The lowest BCUT2D eigenvalue weighted by Crippen LogP contribution is -2.45. The molecule has 1 aromatic heterocycles. The summed E-state index contributed by atoms with van der Waals surface area (Å²) < 4.78 is 17.8.